The second kappa shape index (κ2) is 14.1. The molecule has 0 radical (unpaired) electrons. The maximum Gasteiger partial charge on any atom is 0.205 e. The van der Waals surface area contributed by atoms with E-state index in [0.717, 1.165) is 31.0 Å². The minimum absolute atomic E-state index is 0.232. The van der Waals surface area contributed by atoms with Crippen molar-refractivity contribution in [3.05, 3.63) is 72.5 Å². The summed E-state index contributed by atoms with van der Waals surface area (Å²) in [5.74, 6) is 8.03. The molecular formula is C30H38N6O. The Morgan fingerprint density at radius 3 is 2.73 bits per heavy atom. The Morgan fingerprint density at radius 2 is 2.00 bits per heavy atom. The molecule has 1 aromatic carbocycles. The van der Waals surface area contributed by atoms with Gasteiger partial charge in [-0.3, -0.25) is 4.90 Å². The van der Waals surface area contributed by atoms with Crippen molar-refractivity contribution in [3.63, 3.8) is 0 Å². The fourth-order valence-electron chi connectivity index (χ4n) is 4.15. The maximum atomic E-state index is 10.1. The van der Waals surface area contributed by atoms with E-state index in [0.29, 0.717) is 28.9 Å². The van der Waals surface area contributed by atoms with Crippen LogP contribution in [0.3, 0.4) is 0 Å². The van der Waals surface area contributed by atoms with Crippen LogP contribution in [0.1, 0.15) is 38.2 Å². The molecule has 3 heterocycles. The molecule has 0 aliphatic carbocycles. The predicted octanol–water partition coefficient (Wildman–Crippen LogP) is 4.98. The highest BCUT2D eigenvalue weighted by molar-refractivity contribution is 5.69. The van der Waals surface area contributed by atoms with Crippen molar-refractivity contribution in [1.29, 1.82) is 0 Å². The van der Waals surface area contributed by atoms with Crippen LogP contribution in [0.4, 0.5) is 5.69 Å². The minimum atomic E-state index is 0.232. The summed E-state index contributed by atoms with van der Waals surface area (Å²) < 4.78 is 0. The second-order valence-electron chi connectivity index (χ2n) is 9.72. The first-order valence-corrected chi connectivity index (χ1v) is 12.8. The molecule has 0 saturated heterocycles. The Hall–Kier alpha value is -3.76. The van der Waals surface area contributed by atoms with Crippen LogP contribution in [0.2, 0.25) is 0 Å². The highest BCUT2D eigenvalue weighted by Gasteiger charge is 2.17. The van der Waals surface area contributed by atoms with Gasteiger partial charge in [-0.15, -0.1) is 0 Å². The van der Waals surface area contributed by atoms with Crippen LogP contribution in [0, 0.1) is 30.6 Å². The monoisotopic (exact) mass is 498 g/mol. The lowest BCUT2D eigenvalue weighted by atomic mass is 9.91. The first-order chi connectivity index (χ1) is 17.9. The van der Waals surface area contributed by atoms with Crippen molar-refractivity contribution >= 4 is 5.69 Å². The van der Waals surface area contributed by atoms with E-state index in [1.807, 2.05) is 62.4 Å². The third-order valence-corrected chi connectivity index (χ3v) is 6.07. The number of rotatable bonds is 4. The van der Waals surface area contributed by atoms with Crippen LogP contribution in [0.5, 0.6) is 5.75 Å². The summed E-state index contributed by atoms with van der Waals surface area (Å²) in [5.41, 5.74) is 3.42. The van der Waals surface area contributed by atoms with E-state index in [9.17, 15) is 5.11 Å². The molecule has 0 fully saturated rings. The molecule has 4 rings (SSSR count). The third-order valence-electron chi connectivity index (χ3n) is 6.07. The summed E-state index contributed by atoms with van der Waals surface area (Å²) in [6.07, 6.45) is 10.6. The molecule has 2 aromatic heterocycles. The molecule has 1 N–H and O–H groups in total. The van der Waals surface area contributed by atoms with E-state index in [2.05, 4.69) is 62.9 Å². The molecule has 3 aromatic rings. The largest absolute Gasteiger partial charge is 0.507 e. The van der Waals surface area contributed by atoms with E-state index in [1.165, 1.54) is 12.8 Å². The molecule has 0 saturated carbocycles. The Morgan fingerprint density at radius 1 is 1.19 bits per heavy atom. The number of aryl methyl sites for hydroxylation is 1. The van der Waals surface area contributed by atoms with E-state index in [-0.39, 0.29) is 5.75 Å². The molecular weight excluding hydrogens is 460 g/mol. The summed E-state index contributed by atoms with van der Waals surface area (Å²) in [6.45, 7) is 9.12. The van der Waals surface area contributed by atoms with Crippen molar-refractivity contribution < 1.29 is 5.11 Å². The highest BCUT2D eigenvalue weighted by Crippen LogP contribution is 2.30. The molecule has 194 valence electrons. The van der Waals surface area contributed by atoms with Gasteiger partial charge >= 0.3 is 0 Å². The van der Waals surface area contributed by atoms with Crippen LogP contribution < -0.4 is 4.90 Å². The van der Waals surface area contributed by atoms with Gasteiger partial charge in [-0.25, -0.2) is 9.97 Å². The van der Waals surface area contributed by atoms with E-state index in [4.69, 9.17) is 0 Å². The van der Waals surface area contributed by atoms with Gasteiger partial charge in [0.05, 0.1) is 24.1 Å². The van der Waals surface area contributed by atoms with Gasteiger partial charge in [-0.2, -0.15) is 10.2 Å². The average Bonchev–Trinajstić information content (AvgIpc) is 2.86. The number of aromatic nitrogens is 4. The fourth-order valence-corrected chi connectivity index (χ4v) is 4.15. The minimum Gasteiger partial charge on any atom is -0.507 e. The van der Waals surface area contributed by atoms with Crippen molar-refractivity contribution in [1.82, 2.24) is 25.1 Å². The molecule has 37 heavy (non-hydrogen) atoms. The summed E-state index contributed by atoms with van der Waals surface area (Å²) in [6, 6.07) is 11.1. The molecule has 7 heteroatoms. The first kappa shape index (κ1) is 27.8. The SMILES string of the molecule is CCC1/C=C\CN(c2cnnc(-c3ccccc3O)c2)CC(C)C1.Cc1ccnc(C#CCN(C)C)n1. The van der Waals surface area contributed by atoms with Crippen LogP contribution in [0.25, 0.3) is 11.3 Å². The number of allylic oxidation sites excluding steroid dienone is 1. The number of nitrogens with zero attached hydrogens (tertiary/aromatic N) is 6. The van der Waals surface area contributed by atoms with Crippen LogP contribution >= 0.6 is 0 Å². The highest BCUT2D eigenvalue weighted by atomic mass is 16.3. The molecule has 1 aliphatic rings. The molecule has 0 spiro atoms. The zero-order valence-corrected chi connectivity index (χ0v) is 22.6. The normalized spacial score (nSPS) is 18.1. The smallest absolute Gasteiger partial charge is 0.205 e. The van der Waals surface area contributed by atoms with Gasteiger partial charge in [0.2, 0.25) is 5.82 Å². The number of hydrogen-bond acceptors (Lipinski definition) is 7. The van der Waals surface area contributed by atoms with Crippen LogP contribution in [0.15, 0.2) is 60.9 Å². The molecule has 1 aliphatic heterocycles. The Bertz CT molecular complexity index is 1230. The second-order valence-corrected chi connectivity index (χ2v) is 9.72. The Kier molecular flexibility index (Phi) is 10.6. The Balaban J connectivity index is 0.000000248. The standard InChI is InChI=1S/C20H25N3O.C10H13N3/c1-3-16-7-6-10-23(14-15(2)11-16)17-12-19(22-21-13-17)18-8-4-5-9-20(18)24;1-9-6-7-11-10(12-9)5-4-8-13(2)3/h4-9,12-13,15-16,24H,3,10-11,14H2,1-2H3;6-7H,8H2,1-3H3/b7-6-;. The zero-order valence-electron chi connectivity index (χ0n) is 22.6. The quantitative estimate of drug-likeness (QED) is 0.402. The van der Waals surface area contributed by atoms with Gasteiger partial charge in [-0.1, -0.05) is 44.1 Å². The average molecular weight is 499 g/mol. The zero-order chi connectivity index (χ0) is 26.6. The summed E-state index contributed by atoms with van der Waals surface area (Å²) in [7, 11) is 3.96. The van der Waals surface area contributed by atoms with Crippen molar-refractivity contribution in [2.75, 3.05) is 38.6 Å². The van der Waals surface area contributed by atoms with E-state index in [1.54, 1.807) is 12.3 Å². The van der Waals surface area contributed by atoms with Gasteiger partial charge < -0.3 is 10.0 Å². The lowest BCUT2D eigenvalue weighted by molar-refractivity contribution is 0.429. The molecule has 0 amide bonds. The third kappa shape index (κ3) is 9.00. The number of para-hydroxylation sites is 1. The predicted molar refractivity (Wildman–Crippen MR) is 150 cm³/mol. The summed E-state index contributed by atoms with van der Waals surface area (Å²) in [4.78, 5) is 12.5. The number of aromatic hydroxyl groups is 1. The molecule has 2 unspecified atom stereocenters. The summed E-state index contributed by atoms with van der Waals surface area (Å²) in [5, 5.41) is 18.4. The van der Waals surface area contributed by atoms with Crippen LogP contribution in [-0.2, 0) is 0 Å². The maximum absolute atomic E-state index is 10.1. The summed E-state index contributed by atoms with van der Waals surface area (Å²) >= 11 is 0. The topological polar surface area (TPSA) is 78.3 Å². The van der Waals surface area contributed by atoms with Crippen molar-refractivity contribution in [2.45, 2.75) is 33.6 Å². The molecule has 0 bridgehead atoms. The fraction of sp³-hybridized carbons (Fsp3) is 0.400. The molecule has 7 nitrogen and oxygen atoms in total. The number of benzene rings is 1. The van der Waals surface area contributed by atoms with Crippen molar-refractivity contribution in [2.24, 2.45) is 11.8 Å². The number of phenols is 1. The van der Waals surface area contributed by atoms with Gasteiger partial charge in [0.1, 0.15) is 5.75 Å². The van der Waals surface area contributed by atoms with Gasteiger partial charge in [0.25, 0.3) is 0 Å². The Labute approximate surface area is 221 Å². The first-order valence-electron chi connectivity index (χ1n) is 12.8. The van der Waals surface area contributed by atoms with Gasteiger partial charge in [0, 0.05) is 30.5 Å². The number of phenolic OH excluding ortho intramolecular Hbond substituents is 1. The van der Waals surface area contributed by atoms with Crippen molar-refractivity contribution in [3.8, 4) is 28.8 Å². The van der Waals surface area contributed by atoms with Gasteiger partial charge in [-0.05, 0) is 75.9 Å². The van der Waals surface area contributed by atoms with E-state index >= 15 is 0 Å². The molecule has 2 atom stereocenters. The van der Waals surface area contributed by atoms with E-state index < -0.39 is 0 Å². The lowest BCUT2D eigenvalue weighted by Crippen LogP contribution is -2.31. The van der Waals surface area contributed by atoms with Crippen LogP contribution in [-0.4, -0.2) is 63.9 Å². The number of anilines is 1. The lowest BCUT2D eigenvalue weighted by Gasteiger charge is -2.30. The number of hydrogen-bond donors (Lipinski definition) is 1. The van der Waals surface area contributed by atoms with Gasteiger partial charge in [0.15, 0.2) is 0 Å².